The number of anilines is 1. The van der Waals surface area contributed by atoms with Gasteiger partial charge in [0.2, 0.25) is 0 Å². The predicted octanol–water partition coefficient (Wildman–Crippen LogP) is 2.46. The van der Waals surface area contributed by atoms with E-state index in [9.17, 15) is 4.79 Å². The van der Waals surface area contributed by atoms with Crippen LogP contribution in [0.2, 0.25) is 0 Å². The van der Waals surface area contributed by atoms with Gasteiger partial charge >= 0.3 is 5.97 Å². The van der Waals surface area contributed by atoms with Crippen molar-refractivity contribution in [2.75, 3.05) is 5.73 Å². The Morgan fingerprint density at radius 1 is 1.50 bits per heavy atom. The van der Waals surface area contributed by atoms with Crippen LogP contribution in [0.15, 0.2) is 18.2 Å². The molecule has 0 aliphatic carbocycles. The van der Waals surface area contributed by atoms with Gasteiger partial charge in [-0.3, -0.25) is 4.79 Å². The van der Waals surface area contributed by atoms with Gasteiger partial charge in [-0.05, 0) is 37.5 Å². The van der Waals surface area contributed by atoms with Gasteiger partial charge in [-0.25, -0.2) is 0 Å². The Balaban J connectivity index is 2.63. The lowest BCUT2D eigenvalue weighted by molar-refractivity contribution is -0.147. The van der Waals surface area contributed by atoms with Crippen LogP contribution in [-0.2, 0) is 16.0 Å². The van der Waals surface area contributed by atoms with Crippen LogP contribution >= 0.6 is 0 Å². The van der Waals surface area contributed by atoms with Crippen LogP contribution in [0.3, 0.4) is 0 Å². The Kier molecular flexibility index (Phi) is 4.35. The molecule has 3 nitrogen and oxygen atoms in total. The smallest absolute Gasteiger partial charge is 0.310 e. The summed E-state index contributed by atoms with van der Waals surface area (Å²) in [6.45, 7) is 5.84. The molecule has 0 aliphatic rings. The highest BCUT2D eigenvalue weighted by atomic mass is 16.5. The molecule has 1 atom stereocenters. The fourth-order valence-corrected chi connectivity index (χ4v) is 1.38. The first-order valence-electron chi connectivity index (χ1n) is 5.57. The lowest BCUT2D eigenvalue weighted by Crippen LogP contribution is -2.16. The number of aryl methyl sites for hydroxylation is 1. The van der Waals surface area contributed by atoms with Gasteiger partial charge in [0.05, 0.1) is 12.5 Å². The summed E-state index contributed by atoms with van der Waals surface area (Å²) < 4.78 is 5.19. The molecule has 0 aromatic heterocycles. The van der Waals surface area contributed by atoms with Gasteiger partial charge < -0.3 is 10.5 Å². The van der Waals surface area contributed by atoms with Crippen LogP contribution in [0.25, 0.3) is 0 Å². The molecule has 0 bridgehead atoms. The second-order valence-electron chi connectivity index (χ2n) is 4.09. The molecular formula is C13H19NO2. The second kappa shape index (κ2) is 5.54. The number of carbonyl (C=O) groups excluding carboxylic acids is 1. The molecule has 1 rings (SSSR count). The van der Waals surface area contributed by atoms with Crippen molar-refractivity contribution in [3.05, 3.63) is 29.3 Å². The topological polar surface area (TPSA) is 52.3 Å². The predicted molar refractivity (Wildman–Crippen MR) is 65.1 cm³/mol. The van der Waals surface area contributed by atoms with Crippen LogP contribution in [0.5, 0.6) is 0 Å². The SMILES string of the molecule is CC[C@@H](C)OC(=O)Cc1ccc(C)cc1N. The number of carbonyl (C=O) groups is 1. The average Bonchev–Trinajstić information content (AvgIpc) is 2.22. The summed E-state index contributed by atoms with van der Waals surface area (Å²) in [5, 5.41) is 0. The molecule has 0 aliphatic heterocycles. The Hall–Kier alpha value is -1.51. The van der Waals surface area contributed by atoms with Crippen molar-refractivity contribution in [1.82, 2.24) is 0 Å². The Morgan fingerprint density at radius 2 is 2.19 bits per heavy atom. The van der Waals surface area contributed by atoms with E-state index >= 15 is 0 Å². The number of rotatable bonds is 4. The van der Waals surface area contributed by atoms with Crippen molar-refractivity contribution in [2.45, 2.75) is 39.7 Å². The van der Waals surface area contributed by atoms with Crippen molar-refractivity contribution < 1.29 is 9.53 Å². The number of ether oxygens (including phenoxy) is 1. The van der Waals surface area contributed by atoms with E-state index in [2.05, 4.69) is 0 Å². The molecule has 0 radical (unpaired) electrons. The fraction of sp³-hybridized carbons (Fsp3) is 0.462. The molecular weight excluding hydrogens is 202 g/mol. The molecule has 3 heteroatoms. The summed E-state index contributed by atoms with van der Waals surface area (Å²) in [5.74, 6) is -0.218. The van der Waals surface area contributed by atoms with Crippen LogP contribution in [0, 0.1) is 6.92 Å². The van der Waals surface area contributed by atoms with Gasteiger partial charge in [0, 0.05) is 5.69 Å². The maximum atomic E-state index is 11.5. The Labute approximate surface area is 96.6 Å². The zero-order chi connectivity index (χ0) is 12.1. The maximum Gasteiger partial charge on any atom is 0.310 e. The standard InChI is InChI=1S/C13H19NO2/c1-4-10(3)16-13(15)8-11-6-5-9(2)7-12(11)14/h5-7,10H,4,8,14H2,1-3H3/t10-/m1/s1. The van der Waals surface area contributed by atoms with Crippen molar-refractivity contribution in [3.8, 4) is 0 Å². The van der Waals surface area contributed by atoms with Crippen LogP contribution < -0.4 is 5.73 Å². The average molecular weight is 221 g/mol. The monoisotopic (exact) mass is 221 g/mol. The van der Waals surface area contributed by atoms with Gasteiger partial charge in [0.25, 0.3) is 0 Å². The summed E-state index contributed by atoms with van der Waals surface area (Å²) in [7, 11) is 0. The number of nitrogen functional groups attached to an aromatic ring is 1. The van der Waals surface area contributed by atoms with E-state index in [-0.39, 0.29) is 18.5 Å². The van der Waals surface area contributed by atoms with E-state index in [4.69, 9.17) is 10.5 Å². The minimum atomic E-state index is -0.218. The maximum absolute atomic E-state index is 11.5. The molecule has 0 saturated carbocycles. The summed E-state index contributed by atoms with van der Waals surface area (Å²) in [6.07, 6.45) is 1.05. The number of hydrogen-bond acceptors (Lipinski definition) is 3. The van der Waals surface area contributed by atoms with Crippen molar-refractivity contribution in [1.29, 1.82) is 0 Å². The number of benzene rings is 1. The van der Waals surface area contributed by atoms with Crippen molar-refractivity contribution in [2.24, 2.45) is 0 Å². The zero-order valence-electron chi connectivity index (χ0n) is 10.1. The van der Waals surface area contributed by atoms with E-state index < -0.39 is 0 Å². The van der Waals surface area contributed by atoms with Crippen molar-refractivity contribution in [3.63, 3.8) is 0 Å². The largest absolute Gasteiger partial charge is 0.462 e. The van der Waals surface area contributed by atoms with Crippen molar-refractivity contribution >= 4 is 11.7 Å². The summed E-state index contributed by atoms with van der Waals surface area (Å²) in [5.41, 5.74) is 8.41. The van der Waals surface area contributed by atoms with Crippen LogP contribution in [0.4, 0.5) is 5.69 Å². The fourth-order valence-electron chi connectivity index (χ4n) is 1.38. The summed E-state index contributed by atoms with van der Waals surface area (Å²) >= 11 is 0. The molecule has 0 unspecified atom stereocenters. The van der Waals surface area contributed by atoms with E-state index in [0.717, 1.165) is 17.5 Å². The molecule has 0 spiro atoms. The Morgan fingerprint density at radius 3 is 2.75 bits per heavy atom. The number of esters is 1. The molecule has 0 saturated heterocycles. The molecule has 1 aromatic rings. The third kappa shape index (κ3) is 3.57. The van der Waals surface area contributed by atoms with E-state index in [1.54, 1.807) is 0 Å². The highest BCUT2D eigenvalue weighted by Gasteiger charge is 2.10. The molecule has 16 heavy (non-hydrogen) atoms. The third-order valence-electron chi connectivity index (χ3n) is 2.54. The lowest BCUT2D eigenvalue weighted by atomic mass is 10.1. The van der Waals surface area contributed by atoms with E-state index in [0.29, 0.717) is 5.69 Å². The Bertz CT molecular complexity index is 374. The normalized spacial score (nSPS) is 12.2. The van der Waals surface area contributed by atoms with Gasteiger partial charge in [-0.15, -0.1) is 0 Å². The molecule has 0 heterocycles. The summed E-state index contributed by atoms with van der Waals surface area (Å²) in [4.78, 5) is 11.5. The first kappa shape index (κ1) is 12.6. The first-order valence-corrected chi connectivity index (χ1v) is 5.57. The number of nitrogens with two attached hydrogens (primary N) is 1. The highest BCUT2D eigenvalue weighted by molar-refractivity contribution is 5.75. The van der Waals surface area contributed by atoms with Gasteiger partial charge in [-0.2, -0.15) is 0 Å². The minimum Gasteiger partial charge on any atom is -0.462 e. The van der Waals surface area contributed by atoms with Gasteiger partial charge in [-0.1, -0.05) is 19.1 Å². The molecule has 2 N–H and O–H groups in total. The van der Waals surface area contributed by atoms with E-state index in [1.807, 2.05) is 39.0 Å². The van der Waals surface area contributed by atoms with Gasteiger partial charge in [0.1, 0.15) is 0 Å². The molecule has 0 amide bonds. The third-order valence-corrected chi connectivity index (χ3v) is 2.54. The minimum absolute atomic E-state index is 0.0285. The highest BCUT2D eigenvalue weighted by Crippen LogP contribution is 2.15. The molecule has 0 fully saturated rings. The quantitative estimate of drug-likeness (QED) is 0.627. The molecule has 1 aromatic carbocycles. The molecule has 88 valence electrons. The van der Waals surface area contributed by atoms with E-state index in [1.165, 1.54) is 0 Å². The van der Waals surface area contributed by atoms with Gasteiger partial charge in [0.15, 0.2) is 0 Å². The second-order valence-corrected chi connectivity index (χ2v) is 4.09. The first-order chi connectivity index (χ1) is 7.52. The van der Waals surface area contributed by atoms with Crippen LogP contribution in [0.1, 0.15) is 31.4 Å². The number of hydrogen-bond donors (Lipinski definition) is 1. The lowest BCUT2D eigenvalue weighted by Gasteiger charge is -2.11. The van der Waals surface area contributed by atoms with Crippen LogP contribution in [-0.4, -0.2) is 12.1 Å². The zero-order valence-corrected chi connectivity index (χ0v) is 10.1. The summed E-state index contributed by atoms with van der Waals surface area (Å²) in [6, 6.07) is 5.69.